The molecule has 0 atom stereocenters. The predicted octanol–water partition coefficient (Wildman–Crippen LogP) is 0.635. The van der Waals surface area contributed by atoms with E-state index >= 15 is 0 Å². The zero-order valence-electron chi connectivity index (χ0n) is 6.38. The molecule has 0 bridgehead atoms. The van der Waals surface area contributed by atoms with Crippen LogP contribution in [0.4, 0.5) is 0 Å². The molecule has 0 aliphatic carbocycles. The Hall–Kier alpha value is -1.76. The average molecular weight is 195 g/mol. The van der Waals surface area contributed by atoms with Crippen molar-refractivity contribution in [2.75, 3.05) is 0 Å². The minimum Gasteiger partial charge on any atom is -0.427 e. The molecule has 0 aliphatic rings. The number of H-pyrrole nitrogens is 1. The van der Waals surface area contributed by atoms with Crippen LogP contribution in [0.25, 0.3) is 11.5 Å². The summed E-state index contributed by atoms with van der Waals surface area (Å²) in [5.74, 6) is 0.484. The smallest absolute Gasteiger partial charge is 0.175 e. The van der Waals surface area contributed by atoms with Crippen LogP contribution in [0.5, 0.6) is 0 Å². The fourth-order valence-corrected chi connectivity index (χ4v) is 0.953. The molecule has 0 amide bonds. The predicted molar refractivity (Wildman–Crippen MR) is 45.6 cm³/mol. The third kappa shape index (κ3) is 1.41. The van der Waals surface area contributed by atoms with Gasteiger partial charge in [-0.25, -0.2) is 9.97 Å². The third-order valence-corrected chi connectivity index (χ3v) is 1.73. The maximum absolute atomic E-state index is 9.21. The summed E-state index contributed by atoms with van der Waals surface area (Å²) in [5, 5.41) is 15.5. The monoisotopic (exact) mass is 195 g/mol. The van der Waals surface area contributed by atoms with Crippen LogP contribution in [-0.2, 0) is 0 Å². The molecular formula is C6H5N5OS. The summed E-state index contributed by atoms with van der Waals surface area (Å²) in [6.45, 7) is 0. The molecule has 0 aromatic carbocycles. The first kappa shape index (κ1) is 7.87. The van der Waals surface area contributed by atoms with Gasteiger partial charge in [-0.2, -0.15) is 9.83 Å². The zero-order chi connectivity index (χ0) is 9.26. The van der Waals surface area contributed by atoms with Crippen molar-refractivity contribution in [2.24, 2.45) is 0 Å². The lowest BCUT2D eigenvalue weighted by Crippen LogP contribution is -1.97. The Bertz CT molecular complexity index is 462. The Kier molecular flexibility index (Phi) is 1.78. The molecule has 2 heterocycles. The van der Waals surface area contributed by atoms with Gasteiger partial charge in [0.15, 0.2) is 10.5 Å². The van der Waals surface area contributed by atoms with Crippen LogP contribution in [-0.4, -0.2) is 30.1 Å². The van der Waals surface area contributed by atoms with Crippen LogP contribution < -0.4 is 0 Å². The second-order valence-corrected chi connectivity index (χ2v) is 2.71. The number of nitrogens with zero attached hydrogens (tertiary/aromatic N) is 4. The molecule has 13 heavy (non-hydrogen) atoms. The molecule has 2 N–H and O–H groups in total. The maximum Gasteiger partial charge on any atom is 0.175 e. The van der Waals surface area contributed by atoms with Crippen LogP contribution in [0.15, 0.2) is 18.7 Å². The van der Waals surface area contributed by atoms with Gasteiger partial charge in [-0.05, 0) is 0 Å². The summed E-state index contributed by atoms with van der Waals surface area (Å²) in [4.78, 5) is 7.83. The minimum atomic E-state index is 0.239. The summed E-state index contributed by atoms with van der Waals surface area (Å²) < 4.78 is 1.04. The summed E-state index contributed by atoms with van der Waals surface area (Å²) in [6.07, 6.45) is 4.09. The van der Waals surface area contributed by atoms with Crippen molar-refractivity contribution >= 4 is 12.2 Å². The van der Waals surface area contributed by atoms with Crippen LogP contribution in [0.3, 0.4) is 0 Å². The Labute approximate surface area is 77.9 Å². The van der Waals surface area contributed by atoms with Crippen molar-refractivity contribution in [3.8, 4) is 11.5 Å². The summed E-state index contributed by atoms with van der Waals surface area (Å²) in [5.41, 5.74) is 0.480. The molecule has 0 radical (unpaired) electrons. The first-order valence-corrected chi connectivity index (χ1v) is 3.82. The number of hydrogen-bond acceptors (Lipinski definition) is 5. The van der Waals surface area contributed by atoms with Crippen molar-refractivity contribution < 1.29 is 5.21 Å². The van der Waals surface area contributed by atoms with Crippen LogP contribution in [0.2, 0.25) is 0 Å². The summed E-state index contributed by atoms with van der Waals surface area (Å²) >= 11 is 4.75. The van der Waals surface area contributed by atoms with Gasteiger partial charge in [0.05, 0.1) is 12.4 Å². The van der Waals surface area contributed by atoms with Crippen LogP contribution >= 0.6 is 12.2 Å². The van der Waals surface area contributed by atoms with Crippen molar-refractivity contribution in [1.29, 1.82) is 0 Å². The van der Waals surface area contributed by atoms with E-state index in [4.69, 9.17) is 12.2 Å². The van der Waals surface area contributed by atoms with Gasteiger partial charge in [-0.1, -0.05) is 12.2 Å². The molecule has 2 rings (SSSR count). The van der Waals surface area contributed by atoms with Gasteiger partial charge in [0.2, 0.25) is 0 Å². The van der Waals surface area contributed by atoms with Crippen molar-refractivity contribution in [1.82, 2.24) is 24.9 Å². The molecule has 7 heteroatoms. The first-order valence-electron chi connectivity index (χ1n) is 3.41. The fraction of sp³-hybridized carbons (Fsp3) is 0. The molecule has 0 fully saturated rings. The van der Waals surface area contributed by atoms with Crippen LogP contribution in [0.1, 0.15) is 0 Å². The Morgan fingerprint density at radius 1 is 1.46 bits per heavy atom. The van der Waals surface area contributed by atoms with E-state index in [0.717, 1.165) is 4.73 Å². The lowest BCUT2D eigenvalue weighted by atomic mass is 10.4. The molecule has 0 spiro atoms. The third-order valence-electron chi connectivity index (χ3n) is 1.44. The highest BCUT2D eigenvalue weighted by Crippen LogP contribution is 2.07. The van der Waals surface area contributed by atoms with Crippen molar-refractivity contribution in [3.05, 3.63) is 23.4 Å². The van der Waals surface area contributed by atoms with E-state index in [1.54, 1.807) is 0 Å². The largest absolute Gasteiger partial charge is 0.427 e. The molecule has 6 nitrogen and oxygen atoms in total. The molecular weight excluding hydrogens is 190 g/mol. The minimum absolute atomic E-state index is 0.239. The number of nitrogens with one attached hydrogen (secondary N) is 1. The van der Waals surface area contributed by atoms with Gasteiger partial charge in [0.25, 0.3) is 0 Å². The van der Waals surface area contributed by atoms with Gasteiger partial charge in [0, 0.05) is 0 Å². The molecule has 66 valence electrons. The Morgan fingerprint density at radius 3 is 2.92 bits per heavy atom. The van der Waals surface area contributed by atoms with Crippen LogP contribution in [0, 0.1) is 4.64 Å². The highest BCUT2D eigenvalue weighted by molar-refractivity contribution is 7.71. The van der Waals surface area contributed by atoms with E-state index in [9.17, 15) is 5.21 Å². The Morgan fingerprint density at radius 2 is 2.31 bits per heavy atom. The maximum atomic E-state index is 9.21. The van der Waals surface area contributed by atoms with Gasteiger partial charge in [-0.15, -0.1) is 0 Å². The molecule has 0 unspecified atom stereocenters. The molecule has 2 aromatic heterocycles. The second kappa shape index (κ2) is 2.94. The summed E-state index contributed by atoms with van der Waals surface area (Å²) in [6, 6.07) is 0. The van der Waals surface area contributed by atoms with E-state index in [0.29, 0.717) is 11.5 Å². The average Bonchev–Trinajstić information content (AvgIpc) is 2.62. The van der Waals surface area contributed by atoms with Crippen molar-refractivity contribution in [3.63, 3.8) is 0 Å². The molecule has 0 saturated heterocycles. The SMILES string of the molecule is On1cc(-c2ncn[nH]2)ncc1=S. The lowest BCUT2D eigenvalue weighted by molar-refractivity contribution is 0.180. The molecule has 0 aliphatic heterocycles. The number of rotatable bonds is 1. The first-order chi connectivity index (χ1) is 6.27. The van der Waals surface area contributed by atoms with Gasteiger partial charge in [0.1, 0.15) is 12.0 Å². The highest BCUT2D eigenvalue weighted by Gasteiger charge is 2.02. The zero-order valence-corrected chi connectivity index (χ0v) is 7.19. The fourth-order valence-electron chi connectivity index (χ4n) is 0.848. The topological polar surface area (TPSA) is 79.6 Å². The summed E-state index contributed by atoms with van der Waals surface area (Å²) in [7, 11) is 0. The second-order valence-electron chi connectivity index (χ2n) is 2.29. The lowest BCUT2D eigenvalue weighted by Gasteiger charge is -1.98. The number of aromatic nitrogens is 5. The van der Waals surface area contributed by atoms with E-state index < -0.39 is 0 Å². The quantitative estimate of drug-likeness (QED) is 0.515. The van der Waals surface area contributed by atoms with E-state index in [-0.39, 0.29) is 4.64 Å². The standard InChI is InChI=1S/C6H5N5OS/c12-11-2-4(7-1-5(11)13)6-8-3-9-10-6/h1-3,12H,(H,8,9,10). The van der Waals surface area contributed by atoms with Gasteiger partial charge >= 0.3 is 0 Å². The van der Waals surface area contributed by atoms with E-state index in [1.165, 1.54) is 18.7 Å². The number of hydrogen-bond donors (Lipinski definition) is 2. The van der Waals surface area contributed by atoms with E-state index in [2.05, 4.69) is 20.2 Å². The normalized spacial score (nSPS) is 10.2. The molecule has 0 saturated carbocycles. The highest BCUT2D eigenvalue weighted by atomic mass is 32.1. The van der Waals surface area contributed by atoms with Gasteiger partial charge < -0.3 is 5.21 Å². The number of aromatic amines is 1. The van der Waals surface area contributed by atoms with Gasteiger partial charge in [-0.3, -0.25) is 5.10 Å². The van der Waals surface area contributed by atoms with E-state index in [1.807, 2.05) is 0 Å². The Balaban J connectivity index is 2.55. The molecule has 2 aromatic rings. The van der Waals surface area contributed by atoms with Crippen molar-refractivity contribution in [2.45, 2.75) is 0 Å².